The van der Waals surface area contributed by atoms with E-state index < -0.39 is 17.3 Å². The Morgan fingerprint density at radius 2 is 1.69 bits per heavy atom. The first-order valence-electron chi connectivity index (χ1n) is 4.83. The molecule has 4 heteroatoms. The van der Waals surface area contributed by atoms with Gasteiger partial charge in [-0.2, -0.15) is 4.79 Å². The third kappa shape index (κ3) is 2.12. The Balaban J connectivity index is 3.36. The maximum Gasteiger partial charge on any atom is 0.404 e. The zero-order valence-electron chi connectivity index (χ0n) is 9.44. The van der Waals surface area contributed by atoms with E-state index in [4.69, 9.17) is 5.53 Å². The second-order valence-electron chi connectivity index (χ2n) is 3.60. The first-order chi connectivity index (χ1) is 7.49. The maximum absolute atomic E-state index is 11.9. The number of carbonyl (C=O) groups is 2. The van der Waals surface area contributed by atoms with Gasteiger partial charge in [0.15, 0.2) is 0 Å². The third-order valence-electron chi connectivity index (χ3n) is 2.36. The molecule has 0 aliphatic heterocycles. The average molecular weight is 216 g/mol. The molecule has 0 atom stereocenters. The molecular weight excluding hydrogens is 204 g/mol. The van der Waals surface area contributed by atoms with E-state index in [0.29, 0.717) is 5.56 Å². The zero-order chi connectivity index (χ0) is 12.3. The molecule has 0 saturated heterocycles. The normalized spacial score (nSPS) is 9.44. The number of hydrogen-bond acceptors (Lipinski definition) is 2. The number of hydrogen-bond donors (Lipinski definition) is 0. The van der Waals surface area contributed by atoms with Crippen LogP contribution in [0.3, 0.4) is 0 Å². The Kier molecular flexibility index (Phi) is 3.48. The van der Waals surface area contributed by atoms with E-state index in [1.54, 1.807) is 26.0 Å². The summed E-state index contributed by atoms with van der Waals surface area (Å²) in [5, 5.41) is 0. The summed E-state index contributed by atoms with van der Waals surface area (Å²) in [6.07, 6.45) is 0. The second kappa shape index (κ2) is 4.64. The van der Waals surface area contributed by atoms with Gasteiger partial charge in [0, 0.05) is 12.5 Å². The van der Waals surface area contributed by atoms with Crippen molar-refractivity contribution in [2.75, 3.05) is 0 Å². The summed E-state index contributed by atoms with van der Waals surface area (Å²) in [5.74, 6) is -1.08. The number of Topliss-reactive ketones (excluding diaryl/α,β-unsaturated/α-hetero) is 2. The number of carbonyl (C=O) groups excluding carboxylic acids is 2. The van der Waals surface area contributed by atoms with Crippen LogP contribution in [0.1, 0.15) is 28.4 Å². The van der Waals surface area contributed by atoms with Crippen LogP contribution in [-0.2, 0) is 4.79 Å². The second-order valence-corrected chi connectivity index (χ2v) is 3.60. The molecule has 1 rings (SSSR count). The molecule has 1 aromatic rings. The van der Waals surface area contributed by atoms with Gasteiger partial charge in [-0.05, 0) is 25.0 Å². The van der Waals surface area contributed by atoms with Crippen LogP contribution in [0, 0.1) is 13.8 Å². The van der Waals surface area contributed by atoms with E-state index in [2.05, 4.69) is 4.79 Å². The summed E-state index contributed by atoms with van der Waals surface area (Å²) in [5.41, 5.74) is 10.2. The van der Waals surface area contributed by atoms with Gasteiger partial charge >= 0.3 is 5.71 Å². The van der Waals surface area contributed by atoms with Crippen LogP contribution in [0.15, 0.2) is 18.2 Å². The van der Waals surface area contributed by atoms with E-state index in [1.807, 2.05) is 6.07 Å². The fourth-order valence-corrected chi connectivity index (χ4v) is 1.57. The molecule has 0 aliphatic rings. The highest BCUT2D eigenvalue weighted by Gasteiger charge is 2.29. The monoisotopic (exact) mass is 216 g/mol. The van der Waals surface area contributed by atoms with Crippen LogP contribution in [0.5, 0.6) is 0 Å². The fourth-order valence-electron chi connectivity index (χ4n) is 1.57. The van der Waals surface area contributed by atoms with Gasteiger partial charge in [-0.25, -0.2) is 0 Å². The van der Waals surface area contributed by atoms with Gasteiger partial charge < -0.3 is 5.53 Å². The Morgan fingerprint density at radius 1 is 1.19 bits per heavy atom. The lowest BCUT2D eigenvalue weighted by Gasteiger charge is -2.04. The predicted molar refractivity (Wildman–Crippen MR) is 59.6 cm³/mol. The van der Waals surface area contributed by atoms with Crippen molar-refractivity contribution in [2.24, 2.45) is 0 Å². The van der Waals surface area contributed by atoms with E-state index in [1.165, 1.54) is 6.92 Å². The molecule has 82 valence electrons. The van der Waals surface area contributed by atoms with E-state index in [9.17, 15) is 9.59 Å². The summed E-state index contributed by atoms with van der Waals surface area (Å²) in [6.45, 7) is 4.74. The van der Waals surface area contributed by atoms with Crippen molar-refractivity contribution < 1.29 is 14.4 Å². The quantitative estimate of drug-likeness (QED) is 0.254. The van der Waals surface area contributed by atoms with E-state index in [-0.39, 0.29) is 0 Å². The Hall–Kier alpha value is -2.06. The molecule has 0 spiro atoms. The van der Waals surface area contributed by atoms with Crippen LogP contribution in [0.25, 0.3) is 5.53 Å². The van der Waals surface area contributed by atoms with Crippen LogP contribution in [0.4, 0.5) is 0 Å². The van der Waals surface area contributed by atoms with Crippen molar-refractivity contribution >= 4 is 17.3 Å². The topological polar surface area (TPSA) is 70.5 Å². The minimum Gasteiger partial charge on any atom is -0.360 e. The Bertz CT molecular complexity index is 492. The van der Waals surface area contributed by atoms with Gasteiger partial charge in [-0.15, -0.1) is 0 Å². The SMILES string of the molecule is CC(=O)C(=[N+]=[N-])C(=O)c1c(C)cccc1C. The molecule has 0 N–H and O–H groups in total. The number of rotatable bonds is 3. The summed E-state index contributed by atoms with van der Waals surface area (Å²) in [4.78, 5) is 25.8. The fraction of sp³-hybridized carbons (Fsp3) is 0.250. The summed E-state index contributed by atoms with van der Waals surface area (Å²) >= 11 is 0. The molecule has 1 aromatic carbocycles. The van der Waals surface area contributed by atoms with Crippen LogP contribution in [-0.4, -0.2) is 22.1 Å². The van der Waals surface area contributed by atoms with Crippen molar-refractivity contribution in [1.82, 2.24) is 0 Å². The molecule has 4 nitrogen and oxygen atoms in total. The molecule has 0 aliphatic carbocycles. The number of aryl methyl sites for hydroxylation is 2. The van der Waals surface area contributed by atoms with Crippen molar-refractivity contribution in [3.63, 3.8) is 0 Å². The summed E-state index contributed by atoms with van der Waals surface area (Å²) < 4.78 is 0. The van der Waals surface area contributed by atoms with E-state index in [0.717, 1.165) is 11.1 Å². The van der Waals surface area contributed by atoms with Gasteiger partial charge in [0.25, 0.3) is 5.78 Å². The van der Waals surface area contributed by atoms with E-state index >= 15 is 0 Å². The molecular formula is C12H12N2O2. The van der Waals surface area contributed by atoms with Gasteiger partial charge in [0.1, 0.15) is 0 Å². The number of nitrogens with zero attached hydrogens (tertiary/aromatic N) is 2. The largest absolute Gasteiger partial charge is 0.404 e. The smallest absolute Gasteiger partial charge is 0.360 e. The molecule has 0 heterocycles. The first kappa shape index (κ1) is 12.0. The minimum atomic E-state index is -0.546. The maximum atomic E-state index is 11.9. The van der Waals surface area contributed by atoms with Gasteiger partial charge in [0.05, 0.1) is 0 Å². The summed E-state index contributed by atoms with van der Waals surface area (Å²) in [7, 11) is 0. The molecule has 0 bridgehead atoms. The highest BCUT2D eigenvalue weighted by atomic mass is 16.1. The minimum absolute atomic E-state index is 0.422. The molecule has 0 fully saturated rings. The van der Waals surface area contributed by atoms with Gasteiger partial charge in [0.2, 0.25) is 5.78 Å². The van der Waals surface area contributed by atoms with Gasteiger partial charge in [-0.3, -0.25) is 9.59 Å². The van der Waals surface area contributed by atoms with Crippen LogP contribution in [0.2, 0.25) is 0 Å². The predicted octanol–water partition coefficient (Wildman–Crippen LogP) is 1.75. The Labute approximate surface area is 93.5 Å². The molecule has 16 heavy (non-hydrogen) atoms. The molecule has 0 radical (unpaired) electrons. The highest BCUT2D eigenvalue weighted by molar-refractivity contribution is 6.67. The lowest BCUT2D eigenvalue weighted by Crippen LogP contribution is -2.24. The first-order valence-corrected chi connectivity index (χ1v) is 4.83. The van der Waals surface area contributed by atoms with Gasteiger partial charge in [-0.1, -0.05) is 18.2 Å². The standard InChI is InChI=1S/C12H12N2O2/c1-7-5-4-6-8(2)10(7)12(16)11(14-13)9(3)15/h4-6H,1-3H3. The zero-order valence-corrected chi connectivity index (χ0v) is 9.44. The molecule has 0 unspecified atom stereocenters. The highest BCUT2D eigenvalue weighted by Crippen LogP contribution is 2.14. The lowest BCUT2D eigenvalue weighted by atomic mass is 9.95. The molecule has 0 saturated carbocycles. The molecule has 0 amide bonds. The van der Waals surface area contributed by atoms with Crippen molar-refractivity contribution in [3.05, 3.63) is 40.4 Å². The molecule has 0 aromatic heterocycles. The number of ketones is 2. The third-order valence-corrected chi connectivity index (χ3v) is 2.36. The average Bonchev–Trinajstić information content (AvgIpc) is 2.17. The summed E-state index contributed by atoms with van der Waals surface area (Å²) in [6, 6.07) is 5.37. The number of benzene rings is 1. The van der Waals surface area contributed by atoms with Crippen molar-refractivity contribution in [2.45, 2.75) is 20.8 Å². The Morgan fingerprint density at radius 3 is 2.06 bits per heavy atom. The van der Waals surface area contributed by atoms with Crippen LogP contribution >= 0.6 is 0 Å². The van der Waals surface area contributed by atoms with Crippen LogP contribution < -0.4 is 0 Å². The van der Waals surface area contributed by atoms with Crippen molar-refractivity contribution in [3.8, 4) is 0 Å². The lowest BCUT2D eigenvalue weighted by molar-refractivity contribution is -0.115. The van der Waals surface area contributed by atoms with Crippen molar-refractivity contribution in [1.29, 1.82) is 0 Å².